The SMILES string of the molecule is C/C(=N\OC(=O)CCC1(C)CC(NC(=O)O/N=C(\C)c2cccc([N+](=O)[O-])c2)CC(C)(C)C1)c1cccc([N+](=O)[O-])c1. The van der Waals surface area contributed by atoms with Crippen molar-refractivity contribution in [1.29, 1.82) is 0 Å². The molecule has 3 rings (SSSR count). The maximum absolute atomic E-state index is 12.6. The minimum Gasteiger partial charge on any atom is -0.318 e. The van der Waals surface area contributed by atoms with Gasteiger partial charge in [0.1, 0.15) is 0 Å². The lowest BCUT2D eigenvalue weighted by atomic mass is 9.61. The molecule has 2 atom stereocenters. The Balaban J connectivity index is 1.56. The molecule has 0 spiro atoms. The quantitative estimate of drug-likeness (QED) is 0.147. The first-order valence-corrected chi connectivity index (χ1v) is 13.4. The fourth-order valence-electron chi connectivity index (χ4n) is 5.59. The number of nitro benzene ring substituents is 2. The van der Waals surface area contributed by atoms with Crippen LogP contribution < -0.4 is 5.32 Å². The Labute approximate surface area is 243 Å². The predicted molar refractivity (Wildman–Crippen MR) is 155 cm³/mol. The van der Waals surface area contributed by atoms with Gasteiger partial charge in [-0.1, -0.05) is 55.3 Å². The number of carbonyl (C=O) groups excluding carboxylic acids is 2. The van der Waals surface area contributed by atoms with Gasteiger partial charge >= 0.3 is 12.1 Å². The molecule has 2 aromatic rings. The topological polar surface area (TPSA) is 176 Å². The van der Waals surface area contributed by atoms with Crippen molar-refractivity contribution in [3.05, 3.63) is 79.9 Å². The lowest BCUT2D eigenvalue weighted by molar-refractivity contribution is -0.385. The van der Waals surface area contributed by atoms with Gasteiger partial charge in [-0.25, -0.2) is 9.59 Å². The average molecular weight is 582 g/mol. The number of nitro groups is 2. The highest BCUT2D eigenvalue weighted by Gasteiger charge is 2.42. The molecule has 13 heteroatoms. The number of amides is 1. The van der Waals surface area contributed by atoms with Crippen LogP contribution >= 0.6 is 0 Å². The fraction of sp³-hybridized carbons (Fsp3) is 0.448. The third-order valence-electron chi connectivity index (χ3n) is 7.20. The molecule has 1 fully saturated rings. The third kappa shape index (κ3) is 9.18. The summed E-state index contributed by atoms with van der Waals surface area (Å²) in [6, 6.07) is 11.5. The second kappa shape index (κ2) is 13.3. The average Bonchev–Trinajstić information content (AvgIpc) is 2.92. The van der Waals surface area contributed by atoms with Gasteiger partial charge in [0.25, 0.3) is 11.4 Å². The van der Waals surface area contributed by atoms with Crippen molar-refractivity contribution in [3.63, 3.8) is 0 Å². The van der Waals surface area contributed by atoms with Crippen LogP contribution in [0.5, 0.6) is 0 Å². The number of nitrogens with zero attached hydrogens (tertiary/aromatic N) is 4. The van der Waals surface area contributed by atoms with Gasteiger partial charge in [-0.05, 0) is 50.4 Å². The second-order valence-corrected chi connectivity index (χ2v) is 11.7. The highest BCUT2D eigenvalue weighted by molar-refractivity contribution is 5.99. The summed E-state index contributed by atoms with van der Waals surface area (Å²) >= 11 is 0. The zero-order valence-corrected chi connectivity index (χ0v) is 24.3. The van der Waals surface area contributed by atoms with E-state index in [9.17, 15) is 29.8 Å². The molecule has 0 saturated heterocycles. The van der Waals surface area contributed by atoms with E-state index in [1.54, 1.807) is 26.0 Å². The molecular formula is C29H35N5O8. The Kier molecular flexibility index (Phi) is 10.1. The summed E-state index contributed by atoms with van der Waals surface area (Å²) in [5.74, 6) is -0.528. The Hall–Kier alpha value is -4.68. The van der Waals surface area contributed by atoms with Crippen molar-refractivity contribution in [3.8, 4) is 0 Å². The summed E-state index contributed by atoms with van der Waals surface area (Å²) in [4.78, 5) is 56.2. The van der Waals surface area contributed by atoms with Gasteiger partial charge in [0.2, 0.25) is 0 Å². The lowest BCUT2D eigenvalue weighted by Gasteiger charge is -2.46. The molecule has 0 radical (unpaired) electrons. The summed E-state index contributed by atoms with van der Waals surface area (Å²) < 4.78 is 0. The summed E-state index contributed by atoms with van der Waals surface area (Å²) in [5, 5.41) is 32.6. The molecular weight excluding hydrogens is 546 g/mol. The minimum atomic E-state index is -0.741. The highest BCUT2D eigenvalue weighted by atomic mass is 16.7. The third-order valence-corrected chi connectivity index (χ3v) is 7.20. The minimum absolute atomic E-state index is 0.0855. The Morgan fingerprint density at radius 2 is 1.43 bits per heavy atom. The first kappa shape index (κ1) is 31.8. The van der Waals surface area contributed by atoms with Crippen molar-refractivity contribution in [2.45, 2.75) is 72.8 Å². The van der Waals surface area contributed by atoms with Gasteiger partial charge in [-0.2, -0.15) is 0 Å². The number of carbonyl (C=O) groups is 2. The van der Waals surface area contributed by atoms with Crippen LogP contribution in [0, 0.1) is 31.1 Å². The van der Waals surface area contributed by atoms with Gasteiger partial charge in [0, 0.05) is 47.9 Å². The molecule has 1 aliphatic carbocycles. The van der Waals surface area contributed by atoms with Crippen LogP contribution in [0.25, 0.3) is 0 Å². The van der Waals surface area contributed by atoms with Gasteiger partial charge in [-0.15, -0.1) is 0 Å². The number of rotatable bonds is 10. The van der Waals surface area contributed by atoms with E-state index in [0.29, 0.717) is 41.8 Å². The van der Waals surface area contributed by atoms with E-state index >= 15 is 0 Å². The van der Waals surface area contributed by atoms with E-state index in [0.717, 1.165) is 6.42 Å². The highest BCUT2D eigenvalue weighted by Crippen LogP contribution is 2.48. The maximum atomic E-state index is 12.6. The van der Waals surface area contributed by atoms with Crippen LogP contribution in [0.15, 0.2) is 58.8 Å². The molecule has 0 bridgehead atoms. The van der Waals surface area contributed by atoms with Gasteiger partial charge < -0.3 is 10.2 Å². The Morgan fingerprint density at radius 1 is 0.905 bits per heavy atom. The first-order chi connectivity index (χ1) is 19.7. The zero-order chi connectivity index (χ0) is 31.1. The molecule has 1 N–H and O–H groups in total. The molecule has 2 unspecified atom stereocenters. The summed E-state index contributed by atoms with van der Waals surface area (Å²) in [6.07, 6.45) is 1.97. The number of hydrogen-bond acceptors (Lipinski definition) is 10. The molecule has 224 valence electrons. The summed E-state index contributed by atoms with van der Waals surface area (Å²) in [6.45, 7) is 9.44. The van der Waals surface area contributed by atoms with Crippen molar-refractivity contribution in [2.75, 3.05) is 0 Å². The monoisotopic (exact) mass is 581 g/mol. The van der Waals surface area contributed by atoms with Crippen molar-refractivity contribution in [2.24, 2.45) is 21.1 Å². The van der Waals surface area contributed by atoms with Crippen molar-refractivity contribution >= 4 is 34.9 Å². The summed E-state index contributed by atoms with van der Waals surface area (Å²) in [5.41, 5.74) is 0.977. The van der Waals surface area contributed by atoms with E-state index in [1.165, 1.54) is 36.4 Å². The van der Waals surface area contributed by atoms with Crippen LogP contribution in [0.1, 0.15) is 77.8 Å². The van der Waals surface area contributed by atoms with Crippen molar-refractivity contribution in [1.82, 2.24) is 5.32 Å². The van der Waals surface area contributed by atoms with Crippen LogP contribution in [0.3, 0.4) is 0 Å². The molecule has 42 heavy (non-hydrogen) atoms. The molecule has 0 aliphatic heterocycles. The number of non-ortho nitro benzene ring substituents is 2. The normalized spacial score (nSPS) is 20.4. The number of nitrogens with one attached hydrogen (secondary N) is 1. The van der Waals surface area contributed by atoms with E-state index in [-0.39, 0.29) is 34.7 Å². The maximum Gasteiger partial charge on any atom is 0.433 e. The van der Waals surface area contributed by atoms with Crippen LogP contribution in [-0.4, -0.2) is 39.4 Å². The Bertz CT molecular complexity index is 1420. The van der Waals surface area contributed by atoms with E-state index in [4.69, 9.17) is 9.68 Å². The predicted octanol–water partition coefficient (Wildman–Crippen LogP) is 6.29. The molecule has 1 amide bonds. The molecule has 1 saturated carbocycles. The second-order valence-electron chi connectivity index (χ2n) is 11.7. The van der Waals surface area contributed by atoms with E-state index < -0.39 is 21.9 Å². The van der Waals surface area contributed by atoms with Crippen LogP contribution in [0.2, 0.25) is 0 Å². The number of benzene rings is 2. The molecule has 13 nitrogen and oxygen atoms in total. The van der Waals surface area contributed by atoms with Crippen molar-refractivity contribution < 1.29 is 29.1 Å². The number of oxime groups is 2. The number of hydrogen-bond donors (Lipinski definition) is 1. The van der Waals surface area contributed by atoms with E-state index in [1.807, 2.05) is 0 Å². The standard InChI is InChI=1S/C29H35N5O8/c1-19(21-8-6-10-24(14-21)33(37)38)31-41-26(35)12-13-29(5)17-23(16-28(3,4)18-29)30-27(36)42-32-20(2)22-9-7-11-25(15-22)34(39)40/h6-11,14-15,23H,12-13,16-18H2,1-5H3,(H,30,36)/b31-19+,32-20+. The van der Waals surface area contributed by atoms with Crippen LogP contribution in [-0.2, 0) is 14.5 Å². The first-order valence-electron chi connectivity index (χ1n) is 13.4. The molecule has 2 aromatic carbocycles. The largest absolute Gasteiger partial charge is 0.433 e. The zero-order valence-electron chi connectivity index (χ0n) is 24.3. The summed E-state index contributed by atoms with van der Waals surface area (Å²) in [7, 11) is 0. The van der Waals surface area contributed by atoms with E-state index in [2.05, 4.69) is 36.4 Å². The van der Waals surface area contributed by atoms with Crippen LogP contribution in [0.4, 0.5) is 16.2 Å². The Morgan fingerprint density at radius 3 is 1.95 bits per heavy atom. The lowest BCUT2D eigenvalue weighted by Crippen LogP contribution is -2.47. The van der Waals surface area contributed by atoms with Gasteiger partial charge in [0.15, 0.2) is 0 Å². The molecule has 0 aromatic heterocycles. The van der Waals surface area contributed by atoms with Gasteiger partial charge in [0.05, 0.1) is 21.3 Å². The molecule has 0 heterocycles. The fourth-order valence-corrected chi connectivity index (χ4v) is 5.59. The smallest absolute Gasteiger partial charge is 0.318 e. The molecule has 1 aliphatic rings. The van der Waals surface area contributed by atoms with Gasteiger partial charge in [-0.3, -0.25) is 25.1 Å².